The Hall–Kier alpha value is -0.420. The Labute approximate surface area is 106 Å². The van der Waals surface area contributed by atoms with Crippen molar-refractivity contribution in [1.82, 2.24) is 0 Å². The quantitative estimate of drug-likeness (QED) is 0.762. The highest BCUT2D eigenvalue weighted by Gasteiger charge is 2.30. The van der Waals surface area contributed by atoms with E-state index in [-0.39, 0.29) is 0 Å². The number of rotatable bonds is 3. The maximum absolute atomic E-state index is 12.4. The Balaban J connectivity index is 2.92. The molecule has 16 heavy (non-hydrogen) atoms. The Morgan fingerprint density at radius 1 is 1.31 bits per heavy atom. The van der Waals surface area contributed by atoms with Crippen molar-refractivity contribution in [3.63, 3.8) is 0 Å². The molecule has 0 aliphatic heterocycles. The van der Waals surface area contributed by atoms with Crippen molar-refractivity contribution < 1.29 is 13.2 Å². The van der Waals surface area contributed by atoms with Crippen LogP contribution in [0.15, 0.2) is 28.7 Å². The Morgan fingerprint density at radius 3 is 2.50 bits per heavy atom. The van der Waals surface area contributed by atoms with Gasteiger partial charge in [-0.25, -0.2) is 0 Å². The lowest BCUT2D eigenvalue weighted by atomic mass is 10.1. The fourth-order valence-electron chi connectivity index (χ4n) is 1.12. The van der Waals surface area contributed by atoms with Crippen LogP contribution in [-0.2, 0) is 6.18 Å². The lowest BCUT2D eigenvalue weighted by Crippen LogP contribution is -2.04. The summed E-state index contributed by atoms with van der Waals surface area (Å²) >= 11 is 7.16. The molecule has 0 saturated carbocycles. The van der Waals surface area contributed by atoms with Gasteiger partial charge in [0.2, 0.25) is 0 Å². The first-order valence-corrected chi connectivity index (χ1v) is 6.02. The topological polar surface area (TPSA) is 0 Å². The van der Waals surface area contributed by atoms with Gasteiger partial charge in [-0.3, -0.25) is 0 Å². The number of benzene rings is 1. The SMILES string of the molecule is FC(F)(F)c1ccc(C=CCCS)c(Br)c1. The maximum Gasteiger partial charge on any atom is 0.416 e. The second-order valence-electron chi connectivity index (χ2n) is 3.15. The maximum atomic E-state index is 12.4. The molecule has 0 aliphatic carbocycles. The fourth-order valence-corrected chi connectivity index (χ4v) is 1.78. The van der Waals surface area contributed by atoms with E-state index >= 15 is 0 Å². The molecule has 1 aromatic carbocycles. The molecule has 0 bridgehead atoms. The number of allylic oxidation sites excluding steroid dienone is 1. The lowest BCUT2D eigenvalue weighted by molar-refractivity contribution is -0.137. The van der Waals surface area contributed by atoms with Crippen LogP contribution >= 0.6 is 28.6 Å². The van der Waals surface area contributed by atoms with Crippen LogP contribution in [0, 0.1) is 0 Å². The van der Waals surface area contributed by atoms with Crippen molar-refractivity contribution in [1.29, 1.82) is 0 Å². The molecule has 0 atom stereocenters. The van der Waals surface area contributed by atoms with Crippen LogP contribution in [0.25, 0.3) is 6.08 Å². The first-order chi connectivity index (χ1) is 7.45. The van der Waals surface area contributed by atoms with Gasteiger partial charge in [-0.2, -0.15) is 25.8 Å². The van der Waals surface area contributed by atoms with Gasteiger partial charge in [0.05, 0.1) is 5.56 Å². The Kier molecular flexibility index (Phi) is 4.92. The summed E-state index contributed by atoms with van der Waals surface area (Å²) in [4.78, 5) is 0. The highest BCUT2D eigenvalue weighted by Crippen LogP contribution is 2.32. The number of thiol groups is 1. The molecule has 0 nitrogen and oxygen atoms in total. The van der Waals surface area contributed by atoms with Gasteiger partial charge in [0, 0.05) is 4.47 Å². The van der Waals surface area contributed by atoms with Gasteiger partial charge in [0.15, 0.2) is 0 Å². The number of alkyl halides is 3. The molecule has 0 heterocycles. The molecule has 5 heteroatoms. The summed E-state index contributed by atoms with van der Waals surface area (Å²) in [6.45, 7) is 0. The molecule has 88 valence electrons. The lowest BCUT2D eigenvalue weighted by Gasteiger charge is -2.08. The van der Waals surface area contributed by atoms with Crippen LogP contribution in [0.1, 0.15) is 17.5 Å². The summed E-state index contributed by atoms with van der Waals surface area (Å²) in [5.41, 5.74) is 0.0838. The average molecular weight is 311 g/mol. The summed E-state index contributed by atoms with van der Waals surface area (Å²) in [5.74, 6) is 0.717. The van der Waals surface area contributed by atoms with Crippen LogP contribution < -0.4 is 0 Å². The second-order valence-corrected chi connectivity index (χ2v) is 4.45. The van der Waals surface area contributed by atoms with E-state index in [4.69, 9.17) is 0 Å². The van der Waals surface area contributed by atoms with Crippen molar-refractivity contribution >= 4 is 34.6 Å². The van der Waals surface area contributed by atoms with Crippen molar-refractivity contribution in [2.24, 2.45) is 0 Å². The molecule has 0 aliphatic rings. The minimum atomic E-state index is -4.30. The normalized spacial score (nSPS) is 12.3. The van der Waals surface area contributed by atoms with Gasteiger partial charge in [-0.1, -0.05) is 34.1 Å². The molecule has 0 spiro atoms. The third-order valence-corrected chi connectivity index (χ3v) is 2.87. The van der Waals surface area contributed by atoms with E-state index in [1.807, 2.05) is 6.08 Å². The summed E-state index contributed by atoms with van der Waals surface area (Å²) in [7, 11) is 0. The molecule has 0 N–H and O–H groups in total. The van der Waals surface area contributed by atoms with Crippen LogP contribution in [0.5, 0.6) is 0 Å². The first-order valence-electron chi connectivity index (χ1n) is 4.59. The molecule has 1 aromatic rings. The van der Waals surface area contributed by atoms with Crippen LogP contribution in [-0.4, -0.2) is 5.75 Å². The summed E-state index contributed by atoms with van der Waals surface area (Å²) in [6.07, 6.45) is 0.146. The molecule has 0 radical (unpaired) electrons. The van der Waals surface area contributed by atoms with E-state index in [1.165, 1.54) is 6.07 Å². The van der Waals surface area contributed by atoms with E-state index in [1.54, 1.807) is 6.08 Å². The van der Waals surface area contributed by atoms with E-state index in [9.17, 15) is 13.2 Å². The minimum absolute atomic E-state index is 0.442. The Morgan fingerprint density at radius 2 is 2.00 bits per heavy atom. The molecule has 1 rings (SSSR count). The van der Waals surface area contributed by atoms with E-state index in [2.05, 4.69) is 28.6 Å². The number of hydrogen-bond acceptors (Lipinski definition) is 1. The van der Waals surface area contributed by atoms with Crippen molar-refractivity contribution in [2.75, 3.05) is 5.75 Å². The van der Waals surface area contributed by atoms with E-state index < -0.39 is 11.7 Å². The zero-order valence-corrected chi connectivity index (χ0v) is 10.7. The largest absolute Gasteiger partial charge is 0.416 e. The molecule has 0 unspecified atom stereocenters. The van der Waals surface area contributed by atoms with Crippen molar-refractivity contribution in [2.45, 2.75) is 12.6 Å². The number of halogens is 4. The zero-order chi connectivity index (χ0) is 12.2. The van der Waals surface area contributed by atoms with E-state index in [0.717, 1.165) is 29.9 Å². The minimum Gasteiger partial charge on any atom is -0.179 e. The zero-order valence-electron chi connectivity index (χ0n) is 8.26. The van der Waals surface area contributed by atoms with Gasteiger partial charge in [-0.05, 0) is 29.9 Å². The number of hydrogen-bond donors (Lipinski definition) is 1. The Bertz CT molecular complexity index is 385. The van der Waals surface area contributed by atoms with Crippen LogP contribution in [0.4, 0.5) is 13.2 Å². The molecule has 0 saturated heterocycles. The van der Waals surface area contributed by atoms with E-state index in [0.29, 0.717) is 4.47 Å². The molecular formula is C11H10BrF3S. The van der Waals surface area contributed by atoms with Gasteiger partial charge in [0.25, 0.3) is 0 Å². The first kappa shape index (κ1) is 13.6. The highest BCUT2D eigenvalue weighted by atomic mass is 79.9. The second kappa shape index (κ2) is 5.77. The average Bonchev–Trinajstić information content (AvgIpc) is 2.19. The van der Waals surface area contributed by atoms with Crippen molar-refractivity contribution in [3.05, 3.63) is 39.9 Å². The van der Waals surface area contributed by atoms with Crippen molar-refractivity contribution in [3.8, 4) is 0 Å². The van der Waals surface area contributed by atoms with Gasteiger partial charge < -0.3 is 0 Å². The predicted octanol–water partition coefficient (Wildman–Crippen LogP) is 4.80. The third-order valence-electron chi connectivity index (χ3n) is 1.92. The summed E-state index contributed by atoms with van der Waals surface area (Å²) in [6, 6.07) is 3.60. The standard InChI is InChI=1S/C11H10BrF3S/c12-10-7-9(11(13,14)15)5-4-8(10)3-1-2-6-16/h1,3-5,7,16H,2,6H2. The molecular weight excluding hydrogens is 301 g/mol. The smallest absolute Gasteiger partial charge is 0.179 e. The summed E-state index contributed by atoms with van der Waals surface area (Å²) in [5, 5.41) is 0. The molecule has 0 aromatic heterocycles. The fraction of sp³-hybridized carbons (Fsp3) is 0.273. The monoisotopic (exact) mass is 310 g/mol. The van der Waals surface area contributed by atoms with Crippen LogP contribution in [0.2, 0.25) is 0 Å². The summed E-state index contributed by atoms with van der Waals surface area (Å²) < 4.78 is 37.5. The molecule has 0 amide bonds. The third kappa shape index (κ3) is 3.87. The highest BCUT2D eigenvalue weighted by molar-refractivity contribution is 9.10. The van der Waals surface area contributed by atoms with Crippen LogP contribution in [0.3, 0.4) is 0 Å². The van der Waals surface area contributed by atoms with Gasteiger partial charge in [0.1, 0.15) is 0 Å². The van der Waals surface area contributed by atoms with Gasteiger partial charge >= 0.3 is 6.18 Å². The molecule has 0 fully saturated rings. The predicted molar refractivity (Wildman–Crippen MR) is 66.6 cm³/mol. The van der Waals surface area contributed by atoms with Gasteiger partial charge in [-0.15, -0.1) is 0 Å².